The minimum atomic E-state index is -0.205. The summed E-state index contributed by atoms with van der Waals surface area (Å²) in [5, 5.41) is 2.79. The Kier molecular flexibility index (Phi) is 4.07. The molecule has 1 saturated heterocycles. The molecular weight excluding hydrogens is 268 g/mol. The molecule has 1 N–H and O–H groups in total. The van der Waals surface area contributed by atoms with Crippen molar-refractivity contribution in [2.45, 2.75) is 0 Å². The van der Waals surface area contributed by atoms with Crippen LogP contribution in [0.3, 0.4) is 0 Å². The van der Waals surface area contributed by atoms with Gasteiger partial charge in [-0.2, -0.15) is 0 Å². The number of carbonyl (C=O) groups is 1. The fraction of sp³-hybridized carbons (Fsp3) is 0.267. The average molecular weight is 284 g/mol. The van der Waals surface area contributed by atoms with E-state index in [1.54, 1.807) is 36.7 Å². The molecule has 0 radical (unpaired) electrons. The quantitative estimate of drug-likeness (QED) is 0.926. The van der Waals surface area contributed by atoms with Gasteiger partial charge in [0.15, 0.2) is 0 Å². The smallest absolute Gasteiger partial charge is 0.260 e. The van der Waals surface area contributed by atoms with Gasteiger partial charge in [-0.15, -0.1) is 0 Å². The number of aromatic nitrogens is 2. The van der Waals surface area contributed by atoms with Crippen molar-refractivity contribution >= 4 is 17.5 Å². The number of pyridine rings is 2. The SMILES string of the molecule is O=C(Nc1ccccn1)c1cccnc1N1CCOCC1. The van der Waals surface area contributed by atoms with Gasteiger partial charge in [0.2, 0.25) is 0 Å². The lowest BCUT2D eigenvalue weighted by Gasteiger charge is -2.29. The minimum Gasteiger partial charge on any atom is -0.378 e. The summed E-state index contributed by atoms with van der Waals surface area (Å²) in [6.45, 7) is 2.78. The Morgan fingerprint density at radius 1 is 1.10 bits per heavy atom. The highest BCUT2D eigenvalue weighted by Crippen LogP contribution is 2.19. The van der Waals surface area contributed by atoms with Gasteiger partial charge >= 0.3 is 0 Å². The molecular formula is C15H16N4O2. The van der Waals surface area contributed by atoms with Crippen LogP contribution in [0.1, 0.15) is 10.4 Å². The summed E-state index contributed by atoms with van der Waals surface area (Å²) in [7, 11) is 0. The molecule has 1 fully saturated rings. The first kappa shape index (κ1) is 13.5. The van der Waals surface area contributed by atoms with Crippen LogP contribution in [-0.2, 0) is 4.74 Å². The fourth-order valence-electron chi connectivity index (χ4n) is 2.22. The molecule has 6 nitrogen and oxygen atoms in total. The van der Waals surface area contributed by atoms with E-state index in [0.717, 1.165) is 13.1 Å². The van der Waals surface area contributed by atoms with Crippen molar-refractivity contribution in [2.75, 3.05) is 36.5 Å². The molecule has 0 bridgehead atoms. The second-order valence-electron chi connectivity index (χ2n) is 4.64. The molecule has 2 aromatic heterocycles. The number of anilines is 2. The number of hydrogen-bond acceptors (Lipinski definition) is 5. The van der Waals surface area contributed by atoms with E-state index < -0.39 is 0 Å². The summed E-state index contributed by atoms with van der Waals surface area (Å²) in [4.78, 5) is 22.9. The average Bonchev–Trinajstić information content (AvgIpc) is 2.56. The predicted octanol–water partition coefficient (Wildman–Crippen LogP) is 1.57. The molecule has 3 heterocycles. The van der Waals surface area contributed by atoms with E-state index in [1.165, 1.54) is 0 Å². The van der Waals surface area contributed by atoms with Crippen molar-refractivity contribution in [2.24, 2.45) is 0 Å². The van der Waals surface area contributed by atoms with Crippen LogP contribution in [0.2, 0.25) is 0 Å². The zero-order valence-electron chi connectivity index (χ0n) is 11.5. The molecule has 1 aliphatic heterocycles. The van der Waals surface area contributed by atoms with E-state index in [9.17, 15) is 4.79 Å². The van der Waals surface area contributed by atoms with Gasteiger partial charge in [0.1, 0.15) is 11.6 Å². The van der Waals surface area contributed by atoms with E-state index in [0.29, 0.717) is 30.4 Å². The Morgan fingerprint density at radius 3 is 2.67 bits per heavy atom. The van der Waals surface area contributed by atoms with Gasteiger partial charge in [-0.3, -0.25) is 4.79 Å². The maximum atomic E-state index is 12.4. The van der Waals surface area contributed by atoms with Crippen LogP contribution >= 0.6 is 0 Å². The number of ether oxygens (including phenoxy) is 1. The molecule has 1 aliphatic rings. The molecule has 0 unspecified atom stereocenters. The molecule has 21 heavy (non-hydrogen) atoms. The van der Waals surface area contributed by atoms with Crippen molar-refractivity contribution < 1.29 is 9.53 Å². The van der Waals surface area contributed by atoms with Crippen LogP contribution < -0.4 is 10.2 Å². The summed E-state index contributed by atoms with van der Waals surface area (Å²) in [6.07, 6.45) is 3.34. The zero-order chi connectivity index (χ0) is 14.5. The van der Waals surface area contributed by atoms with E-state index >= 15 is 0 Å². The number of morpholine rings is 1. The molecule has 6 heteroatoms. The zero-order valence-corrected chi connectivity index (χ0v) is 11.5. The van der Waals surface area contributed by atoms with Crippen molar-refractivity contribution in [1.29, 1.82) is 0 Å². The van der Waals surface area contributed by atoms with Gasteiger partial charge in [0, 0.05) is 25.5 Å². The van der Waals surface area contributed by atoms with E-state index in [1.807, 2.05) is 6.07 Å². The summed E-state index contributed by atoms with van der Waals surface area (Å²) < 4.78 is 5.34. The lowest BCUT2D eigenvalue weighted by molar-refractivity contribution is 0.102. The third-order valence-corrected chi connectivity index (χ3v) is 3.25. The lowest BCUT2D eigenvalue weighted by atomic mass is 10.2. The predicted molar refractivity (Wildman–Crippen MR) is 79.5 cm³/mol. The summed E-state index contributed by atoms with van der Waals surface area (Å²) in [5.74, 6) is 1.01. The summed E-state index contributed by atoms with van der Waals surface area (Å²) in [5.41, 5.74) is 0.546. The normalized spacial score (nSPS) is 14.8. The molecule has 108 valence electrons. The third kappa shape index (κ3) is 3.17. The van der Waals surface area contributed by atoms with Gasteiger partial charge in [-0.25, -0.2) is 9.97 Å². The topological polar surface area (TPSA) is 67.4 Å². The number of hydrogen-bond donors (Lipinski definition) is 1. The Hall–Kier alpha value is -2.47. The van der Waals surface area contributed by atoms with Crippen molar-refractivity contribution in [3.63, 3.8) is 0 Å². The maximum Gasteiger partial charge on any atom is 0.260 e. The number of nitrogens with one attached hydrogen (secondary N) is 1. The lowest BCUT2D eigenvalue weighted by Crippen LogP contribution is -2.38. The third-order valence-electron chi connectivity index (χ3n) is 3.25. The van der Waals surface area contributed by atoms with Gasteiger partial charge < -0.3 is 15.0 Å². The molecule has 0 aromatic carbocycles. The van der Waals surface area contributed by atoms with Gasteiger partial charge in [-0.1, -0.05) is 6.07 Å². The van der Waals surface area contributed by atoms with Crippen LogP contribution in [0.5, 0.6) is 0 Å². The number of amides is 1. The van der Waals surface area contributed by atoms with E-state index in [4.69, 9.17) is 4.74 Å². The Bertz CT molecular complexity index is 612. The van der Waals surface area contributed by atoms with Crippen molar-refractivity contribution in [3.05, 3.63) is 48.3 Å². The van der Waals surface area contributed by atoms with Crippen LogP contribution in [0.25, 0.3) is 0 Å². The second kappa shape index (κ2) is 6.32. The number of rotatable bonds is 3. The van der Waals surface area contributed by atoms with Crippen LogP contribution in [0.4, 0.5) is 11.6 Å². The monoisotopic (exact) mass is 284 g/mol. The van der Waals surface area contributed by atoms with Crippen LogP contribution in [0.15, 0.2) is 42.7 Å². The van der Waals surface area contributed by atoms with E-state index in [2.05, 4.69) is 20.2 Å². The minimum absolute atomic E-state index is 0.205. The number of nitrogens with zero attached hydrogens (tertiary/aromatic N) is 3. The van der Waals surface area contributed by atoms with Crippen LogP contribution in [-0.4, -0.2) is 42.2 Å². The van der Waals surface area contributed by atoms with Gasteiger partial charge in [0.25, 0.3) is 5.91 Å². The molecule has 0 saturated carbocycles. The molecule has 0 atom stereocenters. The largest absolute Gasteiger partial charge is 0.378 e. The van der Waals surface area contributed by atoms with Crippen molar-refractivity contribution in [1.82, 2.24) is 9.97 Å². The first-order valence-electron chi connectivity index (χ1n) is 6.85. The highest BCUT2D eigenvalue weighted by molar-refractivity contribution is 6.07. The van der Waals surface area contributed by atoms with Crippen LogP contribution in [0, 0.1) is 0 Å². The highest BCUT2D eigenvalue weighted by Gasteiger charge is 2.19. The van der Waals surface area contributed by atoms with Gasteiger partial charge in [0.05, 0.1) is 18.8 Å². The Labute approximate surface area is 122 Å². The summed E-state index contributed by atoms with van der Waals surface area (Å²) in [6, 6.07) is 8.92. The molecule has 1 amide bonds. The standard InChI is InChI=1S/C15H16N4O2/c20-15(18-13-5-1-2-6-16-13)12-4-3-7-17-14(12)19-8-10-21-11-9-19/h1-7H,8-11H2,(H,16,18,20). The summed E-state index contributed by atoms with van der Waals surface area (Å²) >= 11 is 0. The highest BCUT2D eigenvalue weighted by atomic mass is 16.5. The molecule has 0 aliphatic carbocycles. The fourth-order valence-corrected chi connectivity index (χ4v) is 2.22. The second-order valence-corrected chi connectivity index (χ2v) is 4.64. The molecule has 0 spiro atoms. The Balaban J connectivity index is 1.82. The van der Waals surface area contributed by atoms with Crippen molar-refractivity contribution in [3.8, 4) is 0 Å². The van der Waals surface area contributed by atoms with Gasteiger partial charge in [-0.05, 0) is 24.3 Å². The molecule has 3 rings (SSSR count). The first-order valence-corrected chi connectivity index (χ1v) is 6.85. The maximum absolute atomic E-state index is 12.4. The number of carbonyl (C=O) groups excluding carboxylic acids is 1. The van der Waals surface area contributed by atoms with E-state index in [-0.39, 0.29) is 5.91 Å². The first-order chi connectivity index (χ1) is 10.3. The molecule has 2 aromatic rings. The Morgan fingerprint density at radius 2 is 1.90 bits per heavy atom.